The topological polar surface area (TPSA) is 96.9 Å². The molecule has 116 valence electrons. The average Bonchev–Trinajstić information content (AvgIpc) is 2.47. The number of amidine groups is 1. The fourth-order valence-electron chi connectivity index (χ4n) is 2.76. The first kappa shape index (κ1) is 16.8. The average molecular weight is 285 g/mol. The molecule has 4 N–H and O–H groups in total. The highest BCUT2D eigenvalue weighted by Gasteiger charge is 2.40. The fourth-order valence-corrected chi connectivity index (χ4v) is 2.76. The highest BCUT2D eigenvalue weighted by molar-refractivity contribution is 5.94. The van der Waals surface area contributed by atoms with Crippen molar-refractivity contribution in [2.24, 2.45) is 16.8 Å². The van der Waals surface area contributed by atoms with E-state index in [-0.39, 0.29) is 11.7 Å². The van der Waals surface area contributed by atoms with E-state index in [0.717, 1.165) is 32.1 Å². The van der Waals surface area contributed by atoms with E-state index in [1.807, 2.05) is 6.92 Å². The summed E-state index contributed by atoms with van der Waals surface area (Å²) in [6.45, 7) is 5.05. The maximum absolute atomic E-state index is 12.0. The molecule has 0 atom stereocenters. The summed E-state index contributed by atoms with van der Waals surface area (Å²) >= 11 is 0. The lowest BCUT2D eigenvalue weighted by Crippen LogP contribution is -2.59. The molecular weight excluding hydrogens is 258 g/mol. The molecule has 6 heteroatoms. The second-order valence-corrected chi connectivity index (χ2v) is 5.41. The first-order chi connectivity index (χ1) is 9.57. The summed E-state index contributed by atoms with van der Waals surface area (Å²) in [6.07, 6.45) is 4.84. The number of hydrogen-bond acceptors (Lipinski definition) is 4. The van der Waals surface area contributed by atoms with Gasteiger partial charge in [0.15, 0.2) is 5.84 Å². The van der Waals surface area contributed by atoms with E-state index in [1.165, 1.54) is 0 Å². The molecule has 1 fully saturated rings. The molecule has 0 heterocycles. The first-order valence-corrected chi connectivity index (χ1v) is 7.44. The molecule has 20 heavy (non-hydrogen) atoms. The van der Waals surface area contributed by atoms with Gasteiger partial charge in [-0.05, 0) is 38.5 Å². The quantitative estimate of drug-likeness (QED) is 0.218. The van der Waals surface area contributed by atoms with Crippen LogP contribution in [-0.4, -0.2) is 35.7 Å². The highest BCUT2D eigenvalue weighted by atomic mass is 16.5. The van der Waals surface area contributed by atoms with E-state index >= 15 is 0 Å². The number of oxime groups is 1. The van der Waals surface area contributed by atoms with Gasteiger partial charge in [-0.2, -0.15) is 0 Å². The number of nitrogens with zero attached hydrogens (tertiary/aromatic N) is 1. The van der Waals surface area contributed by atoms with Crippen molar-refractivity contribution in [2.75, 3.05) is 13.2 Å². The predicted molar refractivity (Wildman–Crippen MR) is 77.6 cm³/mol. The van der Waals surface area contributed by atoms with Crippen LogP contribution < -0.4 is 11.1 Å². The van der Waals surface area contributed by atoms with Gasteiger partial charge < -0.3 is 21.0 Å². The van der Waals surface area contributed by atoms with Crippen molar-refractivity contribution in [3.05, 3.63) is 0 Å². The third-order valence-electron chi connectivity index (χ3n) is 4.19. The van der Waals surface area contributed by atoms with Crippen molar-refractivity contribution in [3.8, 4) is 0 Å². The SMILES string of the molecule is CCOCCC(=O)NC1(C(N)=NO)CCC(CC)CC1. The van der Waals surface area contributed by atoms with Crippen molar-refractivity contribution < 1.29 is 14.7 Å². The van der Waals surface area contributed by atoms with Gasteiger partial charge in [-0.25, -0.2) is 0 Å². The van der Waals surface area contributed by atoms with Crippen LogP contribution in [0.15, 0.2) is 5.16 Å². The molecule has 0 spiro atoms. The molecular formula is C14H27N3O3. The van der Waals surface area contributed by atoms with E-state index in [9.17, 15) is 4.79 Å². The largest absolute Gasteiger partial charge is 0.409 e. The van der Waals surface area contributed by atoms with Crippen LogP contribution in [0.25, 0.3) is 0 Å². The maximum Gasteiger partial charge on any atom is 0.223 e. The van der Waals surface area contributed by atoms with Gasteiger partial charge in [-0.3, -0.25) is 4.79 Å². The molecule has 6 nitrogen and oxygen atoms in total. The highest BCUT2D eigenvalue weighted by Crippen LogP contribution is 2.34. The Labute approximate surface area is 120 Å². The Kier molecular flexibility index (Phi) is 6.78. The van der Waals surface area contributed by atoms with Crippen molar-refractivity contribution in [1.82, 2.24) is 5.32 Å². The lowest BCUT2D eigenvalue weighted by atomic mass is 9.75. The molecule has 1 amide bonds. The zero-order valence-corrected chi connectivity index (χ0v) is 12.5. The Morgan fingerprint density at radius 3 is 2.60 bits per heavy atom. The molecule has 0 unspecified atom stereocenters. The van der Waals surface area contributed by atoms with Crippen LogP contribution in [0.5, 0.6) is 0 Å². The zero-order valence-electron chi connectivity index (χ0n) is 12.5. The minimum atomic E-state index is -0.691. The second kappa shape index (κ2) is 8.09. The Hall–Kier alpha value is -1.30. The molecule has 0 aromatic carbocycles. The summed E-state index contributed by atoms with van der Waals surface area (Å²) in [6, 6.07) is 0. The molecule has 0 saturated heterocycles. The number of hydrogen-bond donors (Lipinski definition) is 3. The predicted octanol–water partition coefficient (Wildman–Crippen LogP) is 1.61. The van der Waals surface area contributed by atoms with Gasteiger partial charge in [0.25, 0.3) is 0 Å². The van der Waals surface area contributed by atoms with E-state index in [2.05, 4.69) is 17.4 Å². The summed E-state index contributed by atoms with van der Waals surface area (Å²) in [7, 11) is 0. The number of carbonyl (C=O) groups is 1. The van der Waals surface area contributed by atoms with Crippen LogP contribution in [0.3, 0.4) is 0 Å². The Balaban J connectivity index is 2.64. The van der Waals surface area contributed by atoms with E-state index in [0.29, 0.717) is 25.6 Å². The van der Waals surface area contributed by atoms with Crippen LogP contribution in [-0.2, 0) is 9.53 Å². The van der Waals surface area contributed by atoms with Crippen LogP contribution in [0.2, 0.25) is 0 Å². The normalized spacial score (nSPS) is 27.3. The third kappa shape index (κ3) is 4.37. The van der Waals surface area contributed by atoms with Crippen molar-refractivity contribution in [3.63, 3.8) is 0 Å². The molecule has 1 aliphatic rings. The molecule has 0 bridgehead atoms. The molecule has 1 rings (SSSR count). The Morgan fingerprint density at radius 2 is 2.10 bits per heavy atom. The minimum Gasteiger partial charge on any atom is -0.409 e. The van der Waals surface area contributed by atoms with Gasteiger partial charge >= 0.3 is 0 Å². The first-order valence-electron chi connectivity index (χ1n) is 7.44. The fraction of sp³-hybridized carbons (Fsp3) is 0.857. The van der Waals surface area contributed by atoms with Crippen LogP contribution in [0.1, 0.15) is 52.4 Å². The summed E-state index contributed by atoms with van der Waals surface area (Å²) in [5.41, 5.74) is 5.14. The number of amides is 1. The molecule has 0 aromatic rings. The maximum atomic E-state index is 12.0. The standard InChI is InChI=1S/C14H27N3O3/c1-3-11-5-8-14(9-6-11,13(15)17-19)16-12(18)7-10-20-4-2/h11,19H,3-10H2,1-2H3,(H2,15,17)(H,16,18). The van der Waals surface area contributed by atoms with Gasteiger partial charge in [0, 0.05) is 13.0 Å². The molecule has 0 aromatic heterocycles. The van der Waals surface area contributed by atoms with Gasteiger partial charge in [0.05, 0.1) is 6.61 Å². The number of nitrogens with two attached hydrogens (primary N) is 1. The molecule has 1 aliphatic carbocycles. The molecule has 0 aliphatic heterocycles. The molecule has 0 radical (unpaired) electrons. The van der Waals surface area contributed by atoms with E-state index in [4.69, 9.17) is 15.7 Å². The lowest BCUT2D eigenvalue weighted by Gasteiger charge is -2.39. The van der Waals surface area contributed by atoms with Crippen molar-refractivity contribution >= 4 is 11.7 Å². The minimum absolute atomic E-state index is 0.108. The van der Waals surface area contributed by atoms with Gasteiger partial charge in [0.1, 0.15) is 5.54 Å². The number of ether oxygens (including phenoxy) is 1. The van der Waals surface area contributed by atoms with E-state index in [1.54, 1.807) is 0 Å². The smallest absolute Gasteiger partial charge is 0.223 e. The summed E-state index contributed by atoms with van der Waals surface area (Å²) in [5.74, 6) is 0.659. The van der Waals surface area contributed by atoms with E-state index < -0.39 is 5.54 Å². The number of carbonyl (C=O) groups excluding carboxylic acids is 1. The lowest BCUT2D eigenvalue weighted by molar-refractivity contribution is -0.123. The number of rotatable bonds is 7. The summed E-state index contributed by atoms with van der Waals surface area (Å²) in [4.78, 5) is 12.0. The monoisotopic (exact) mass is 285 g/mol. The Morgan fingerprint density at radius 1 is 1.45 bits per heavy atom. The number of nitrogens with one attached hydrogen (secondary N) is 1. The van der Waals surface area contributed by atoms with Crippen LogP contribution >= 0.6 is 0 Å². The third-order valence-corrected chi connectivity index (χ3v) is 4.19. The van der Waals surface area contributed by atoms with Gasteiger partial charge in [0.2, 0.25) is 5.91 Å². The van der Waals surface area contributed by atoms with Crippen LogP contribution in [0.4, 0.5) is 0 Å². The van der Waals surface area contributed by atoms with Gasteiger partial charge in [-0.1, -0.05) is 18.5 Å². The second-order valence-electron chi connectivity index (χ2n) is 5.41. The van der Waals surface area contributed by atoms with Crippen molar-refractivity contribution in [2.45, 2.75) is 57.9 Å². The van der Waals surface area contributed by atoms with Gasteiger partial charge in [-0.15, -0.1) is 0 Å². The van der Waals surface area contributed by atoms with Crippen LogP contribution in [0, 0.1) is 5.92 Å². The zero-order chi connectivity index (χ0) is 15.0. The summed E-state index contributed by atoms with van der Waals surface area (Å²) in [5, 5.41) is 15.1. The Bertz CT molecular complexity index is 337. The summed E-state index contributed by atoms with van der Waals surface area (Å²) < 4.78 is 5.18. The van der Waals surface area contributed by atoms with Crippen molar-refractivity contribution in [1.29, 1.82) is 0 Å². The molecule has 1 saturated carbocycles.